The zero-order chi connectivity index (χ0) is 17.8. The summed E-state index contributed by atoms with van der Waals surface area (Å²) in [7, 11) is 4.62. The molecule has 0 amide bonds. The van der Waals surface area contributed by atoms with Crippen LogP contribution < -0.4 is 0 Å². The van der Waals surface area contributed by atoms with Crippen LogP contribution in [0.3, 0.4) is 0 Å². The van der Waals surface area contributed by atoms with E-state index in [0.717, 1.165) is 11.9 Å². The number of carbonyl (C=O) groups excluding carboxylic acids is 2. The molecular formula is C19H22N2O4. The molecule has 2 atom stereocenters. The van der Waals surface area contributed by atoms with Crippen molar-refractivity contribution < 1.29 is 19.1 Å². The van der Waals surface area contributed by atoms with Gasteiger partial charge in [0.2, 0.25) is 0 Å². The topological polar surface area (TPSA) is 71.6 Å². The Morgan fingerprint density at radius 1 is 1.24 bits per heavy atom. The Balaban J connectivity index is 1.85. The molecular weight excluding hydrogens is 320 g/mol. The summed E-state index contributed by atoms with van der Waals surface area (Å²) in [4.78, 5) is 30.6. The molecule has 0 radical (unpaired) electrons. The van der Waals surface area contributed by atoms with Crippen molar-refractivity contribution in [1.82, 2.24) is 9.88 Å². The first-order valence-corrected chi connectivity index (χ1v) is 8.48. The molecule has 1 saturated heterocycles. The van der Waals surface area contributed by atoms with Crippen molar-refractivity contribution in [2.75, 3.05) is 27.8 Å². The number of aromatic nitrogens is 1. The van der Waals surface area contributed by atoms with Gasteiger partial charge in [-0.25, -0.2) is 0 Å². The van der Waals surface area contributed by atoms with Crippen LogP contribution in [0.5, 0.6) is 0 Å². The highest BCUT2D eigenvalue weighted by Crippen LogP contribution is 2.48. The number of aromatic amines is 1. The largest absolute Gasteiger partial charge is 0.468 e. The molecule has 1 unspecified atom stereocenters. The number of piperidine rings is 1. The third-order valence-corrected chi connectivity index (χ3v) is 5.92. The number of carbonyl (C=O) groups is 2. The fourth-order valence-corrected chi connectivity index (χ4v) is 4.79. The van der Waals surface area contributed by atoms with Crippen LogP contribution in [0.4, 0.5) is 0 Å². The average molecular weight is 342 g/mol. The fraction of sp³-hybridized carbons (Fsp3) is 0.474. The molecule has 4 rings (SSSR count). The van der Waals surface area contributed by atoms with E-state index in [0.29, 0.717) is 13.0 Å². The second-order valence-electron chi connectivity index (χ2n) is 7.15. The molecule has 2 aromatic rings. The van der Waals surface area contributed by atoms with Crippen molar-refractivity contribution in [3.05, 3.63) is 35.5 Å². The van der Waals surface area contributed by atoms with Crippen molar-refractivity contribution >= 4 is 22.8 Å². The standard InChI is InChI=1S/C19H22N2O4/c1-21-10-19(17(22)24-2,18(23)25-3)8-13-12-5-4-6-14-16(12)11(9-20-14)7-15(13)21/h4-6,9,13,15,20H,7-8,10H2,1-3H3/t13?,15-/m1/s1. The predicted octanol–water partition coefficient (Wildman–Crippen LogP) is 1.84. The maximum atomic E-state index is 12.6. The van der Waals surface area contributed by atoms with Gasteiger partial charge in [0.15, 0.2) is 5.41 Å². The number of hydrogen-bond acceptors (Lipinski definition) is 5. The molecule has 1 aromatic carbocycles. The number of methoxy groups -OCH3 is 2. The van der Waals surface area contributed by atoms with Crippen LogP contribution >= 0.6 is 0 Å². The van der Waals surface area contributed by atoms with Crippen LogP contribution in [0.1, 0.15) is 23.5 Å². The first kappa shape index (κ1) is 16.1. The molecule has 1 fully saturated rings. The van der Waals surface area contributed by atoms with Crippen molar-refractivity contribution in [3.63, 3.8) is 0 Å². The van der Waals surface area contributed by atoms with Crippen LogP contribution in [0.15, 0.2) is 24.4 Å². The first-order valence-electron chi connectivity index (χ1n) is 8.48. The van der Waals surface area contributed by atoms with Gasteiger partial charge in [-0.1, -0.05) is 12.1 Å². The molecule has 1 aliphatic heterocycles. The molecule has 6 nitrogen and oxygen atoms in total. The van der Waals surface area contributed by atoms with Gasteiger partial charge in [-0.05, 0) is 37.1 Å². The van der Waals surface area contributed by atoms with Crippen molar-refractivity contribution in [1.29, 1.82) is 0 Å². The maximum Gasteiger partial charge on any atom is 0.324 e. The zero-order valence-corrected chi connectivity index (χ0v) is 14.7. The maximum absolute atomic E-state index is 12.6. The van der Waals surface area contributed by atoms with Gasteiger partial charge in [-0.3, -0.25) is 9.59 Å². The Morgan fingerprint density at radius 3 is 2.64 bits per heavy atom. The van der Waals surface area contributed by atoms with E-state index < -0.39 is 17.4 Å². The van der Waals surface area contributed by atoms with Crippen molar-refractivity contribution in [2.24, 2.45) is 5.41 Å². The molecule has 1 aliphatic carbocycles. The van der Waals surface area contributed by atoms with E-state index in [1.54, 1.807) is 0 Å². The summed E-state index contributed by atoms with van der Waals surface area (Å²) in [6.45, 7) is 0.309. The van der Waals surface area contributed by atoms with Gasteiger partial charge in [0.1, 0.15) is 0 Å². The summed E-state index contributed by atoms with van der Waals surface area (Å²) in [6, 6.07) is 6.43. The summed E-state index contributed by atoms with van der Waals surface area (Å²) in [6.07, 6.45) is 3.38. The lowest BCUT2D eigenvalue weighted by Gasteiger charge is -2.48. The third-order valence-electron chi connectivity index (χ3n) is 5.92. The van der Waals surface area contributed by atoms with Gasteiger partial charge in [0.25, 0.3) is 0 Å². The molecule has 0 saturated carbocycles. The number of likely N-dealkylation sites (tertiary alicyclic amines) is 1. The number of ether oxygens (including phenoxy) is 2. The molecule has 1 aromatic heterocycles. The first-order chi connectivity index (χ1) is 12.0. The molecule has 2 heterocycles. The van der Waals surface area contributed by atoms with E-state index in [-0.39, 0.29) is 12.0 Å². The molecule has 25 heavy (non-hydrogen) atoms. The second-order valence-corrected chi connectivity index (χ2v) is 7.15. The SMILES string of the molecule is COC(=O)C1(C(=O)OC)CC2c3cccc4[nH]cc(c34)C[C@H]2N(C)C1. The normalized spacial score (nSPS) is 24.6. The molecule has 2 aliphatic rings. The summed E-state index contributed by atoms with van der Waals surface area (Å²) in [5.74, 6) is -0.961. The lowest BCUT2D eigenvalue weighted by molar-refractivity contribution is -0.175. The Hall–Kier alpha value is -2.34. The van der Waals surface area contributed by atoms with E-state index >= 15 is 0 Å². The van der Waals surface area contributed by atoms with Crippen LogP contribution in [0.2, 0.25) is 0 Å². The summed E-state index contributed by atoms with van der Waals surface area (Å²) >= 11 is 0. The van der Waals surface area contributed by atoms with E-state index in [2.05, 4.69) is 28.2 Å². The van der Waals surface area contributed by atoms with Gasteiger partial charge < -0.3 is 19.4 Å². The number of rotatable bonds is 2. The Morgan fingerprint density at radius 2 is 1.96 bits per heavy atom. The monoisotopic (exact) mass is 342 g/mol. The van der Waals surface area contributed by atoms with Gasteiger partial charge >= 0.3 is 11.9 Å². The van der Waals surface area contributed by atoms with E-state index in [4.69, 9.17) is 9.47 Å². The second kappa shape index (κ2) is 5.59. The van der Waals surface area contributed by atoms with Crippen LogP contribution in [-0.2, 0) is 25.5 Å². The summed E-state index contributed by atoms with van der Waals surface area (Å²) in [5.41, 5.74) is 2.30. The van der Waals surface area contributed by atoms with Gasteiger partial charge in [-0.2, -0.15) is 0 Å². The number of nitrogens with zero attached hydrogens (tertiary/aromatic N) is 1. The van der Waals surface area contributed by atoms with Gasteiger partial charge in [0, 0.05) is 35.6 Å². The van der Waals surface area contributed by atoms with E-state index in [1.165, 1.54) is 30.7 Å². The number of esters is 2. The minimum Gasteiger partial charge on any atom is -0.468 e. The van der Waals surface area contributed by atoms with Crippen LogP contribution in [0, 0.1) is 5.41 Å². The Labute approximate surface area is 146 Å². The average Bonchev–Trinajstić information content (AvgIpc) is 3.05. The lowest BCUT2D eigenvalue weighted by Crippen LogP contribution is -2.59. The molecule has 0 bridgehead atoms. The number of hydrogen-bond donors (Lipinski definition) is 1. The minimum absolute atomic E-state index is 0.0731. The quantitative estimate of drug-likeness (QED) is 0.666. The highest BCUT2D eigenvalue weighted by molar-refractivity contribution is 6.01. The summed E-state index contributed by atoms with van der Waals surface area (Å²) in [5, 5.41) is 1.22. The third kappa shape index (κ3) is 2.13. The number of H-pyrrole nitrogens is 1. The lowest BCUT2D eigenvalue weighted by atomic mass is 9.66. The Bertz CT molecular complexity index is 840. The number of likely N-dealkylation sites (N-methyl/N-ethyl adjacent to an activating group) is 1. The molecule has 0 spiro atoms. The highest BCUT2D eigenvalue weighted by atomic mass is 16.5. The van der Waals surface area contributed by atoms with E-state index in [1.807, 2.05) is 13.1 Å². The Kier molecular flexibility index (Phi) is 3.61. The van der Waals surface area contributed by atoms with Crippen LogP contribution in [-0.4, -0.2) is 55.7 Å². The smallest absolute Gasteiger partial charge is 0.324 e. The molecule has 6 heteroatoms. The summed E-state index contributed by atoms with van der Waals surface area (Å²) < 4.78 is 10.00. The molecule has 132 valence electrons. The van der Waals surface area contributed by atoms with Crippen LogP contribution in [0.25, 0.3) is 10.9 Å². The highest BCUT2D eigenvalue weighted by Gasteiger charge is 2.56. The van der Waals surface area contributed by atoms with E-state index in [9.17, 15) is 9.59 Å². The zero-order valence-electron chi connectivity index (χ0n) is 14.7. The van der Waals surface area contributed by atoms with Crippen molar-refractivity contribution in [3.8, 4) is 0 Å². The molecule has 1 N–H and O–H groups in total. The van der Waals surface area contributed by atoms with Crippen molar-refractivity contribution in [2.45, 2.75) is 24.8 Å². The van der Waals surface area contributed by atoms with Gasteiger partial charge in [0.05, 0.1) is 14.2 Å². The minimum atomic E-state index is -1.28. The fourth-order valence-electron chi connectivity index (χ4n) is 4.79. The number of benzene rings is 1. The number of nitrogens with one attached hydrogen (secondary N) is 1. The number of fused-ring (bicyclic) bond motifs is 2. The predicted molar refractivity (Wildman–Crippen MR) is 92.2 cm³/mol. The van der Waals surface area contributed by atoms with Gasteiger partial charge in [-0.15, -0.1) is 0 Å².